The van der Waals surface area contributed by atoms with Crippen LogP contribution in [0.25, 0.3) is 0 Å². The smallest absolute Gasteiger partial charge is 0.305 e. The van der Waals surface area contributed by atoms with Gasteiger partial charge >= 0.3 is 5.97 Å². The molecule has 2 rings (SSSR count). The van der Waals surface area contributed by atoms with Crippen molar-refractivity contribution >= 4 is 23.3 Å². The van der Waals surface area contributed by atoms with E-state index in [4.69, 9.17) is 9.84 Å². The molecule has 3 N–H and O–H groups in total. The van der Waals surface area contributed by atoms with Crippen LogP contribution in [0.2, 0.25) is 0 Å². The Balaban J connectivity index is 2.31. The summed E-state index contributed by atoms with van der Waals surface area (Å²) in [4.78, 5) is 22.2. The summed E-state index contributed by atoms with van der Waals surface area (Å²) < 4.78 is 5.14. The number of para-hydroxylation sites is 1. The van der Waals surface area contributed by atoms with E-state index in [1.165, 1.54) is 7.11 Å². The molecule has 0 aliphatic carbocycles. The molecule has 0 aromatic heterocycles. The van der Waals surface area contributed by atoms with Gasteiger partial charge in [-0.2, -0.15) is 0 Å². The third-order valence-corrected chi connectivity index (χ3v) is 2.52. The van der Waals surface area contributed by atoms with Gasteiger partial charge in [-0.25, -0.2) is 0 Å². The molecule has 6 heteroatoms. The number of carbonyl (C=O) groups excluding carboxylic acids is 1. The van der Waals surface area contributed by atoms with E-state index in [9.17, 15) is 9.59 Å². The predicted octanol–water partition coefficient (Wildman–Crippen LogP) is 0.902. The molecule has 0 saturated carbocycles. The topological polar surface area (TPSA) is 87.7 Å². The van der Waals surface area contributed by atoms with Gasteiger partial charge in [-0.15, -0.1) is 0 Å². The van der Waals surface area contributed by atoms with Crippen molar-refractivity contribution in [3.05, 3.63) is 18.2 Å². The Labute approximate surface area is 97.6 Å². The molecule has 17 heavy (non-hydrogen) atoms. The van der Waals surface area contributed by atoms with Gasteiger partial charge in [0.05, 0.1) is 19.2 Å². The Morgan fingerprint density at radius 1 is 1.53 bits per heavy atom. The van der Waals surface area contributed by atoms with E-state index >= 15 is 0 Å². The number of anilines is 2. The zero-order chi connectivity index (χ0) is 12.4. The lowest BCUT2D eigenvalue weighted by Gasteiger charge is -2.27. The Hall–Kier alpha value is -2.24. The summed E-state index contributed by atoms with van der Waals surface area (Å²) in [5, 5.41) is 14.2. The van der Waals surface area contributed by atoms with E-state index < -0.39 is 12.0 Å². The summed E-state index contributed by atoms with van der Waals surface area (Å²) in [6.07, 6.45) is -0.274. The SMILES string of the molecule is COc1cccc2c1NC(CC(=O)O)C(=O)N2. The number of carboxylic acids is 1. The van der Waals surface area contributed by atoms with Crippen molar-refractivity contribution in [3.63, 3.8) is 0 Å². The largest absolute Gasteiger partial charge is 0.495 e. The number of rotatable bonds is 3. The van der Waals surface area contributed by atoms with Gasteiger partial charge in [0.2, 0.25) is 5.91 Å². The number of methoxy groups -OCH3 is 1. The second-order valence-corrected chi connectivity index (χ2v) is 3.67. The van der Waals surface area contributed by atoms with E-state index in [0.717, 1.165) is 0 Å². The minimum atomic E-state index is -1.03. The normalized spacial score (nSPS) is 17.7. The predicted molar refractivity (Wildman–Crippen MR) is 61.3 cm³/mol. The third kappa shape index (κ3) is 2.15. The molecule has 0 bridgehead atoms. The number of hydrogen-bond acceptors (Lipinski definition) is 4. The van der Waals surface area contributed by atoms with Crippen LogP contribution in [0.15, 0.2) is 18.2 Å². The van der Waals surface area contributed by atoms with Crippen LogP contribution in [-0.4, -0.2) is 30.1 Å². The monoisotopic (exact) mass is 236 g/mol. The molecule has 1 aliphatic rings. The summed E-state index contributed by atoms with van der Waals surface area (Å²) in [5.74, 6) is -0.818. The number of amides is 1. The van der Waals surface area contributed by atoms with Crippen molar-refractivity contribution in [2.75, 3.05) is 17.7 Å². The zero-order valence-electron chi connectivity index (χ0n) is 9.19. The number of nitrogens with one attached hydrogen (secondary N) is 2. The maximum Gasteiger partial charge on any atom is 0.305 e. The second-order valence-electron chi connectivity index (χ2n) is 3.67. The molecule has 1 aromatic rings. The van der Waals surface area contributed by atoms with Gasteiger partial charge in [0.1, 0.15) is 17.5 Å². The maximum atomic E-state index is 11.6. The van der Waals surface area contributed by atoms with Crippen molar-refractivity contribution in [2.24, 2.45) is 0 Å². The Bertz CT molecular complexity index is 473. The van der Waals surface area contributed by atoms with E-state index in [-0.39, 0.29) is 12.3 Å². The lowest BCUT2D eigenvalue weighted by Crippen LogP contribution is -2.40. The van der Waals surface area contributed by atoms with Gasteiger partial charge in [0, 0.05) is 0 Å². The summed E-state index contributed by atoms with van der Waals surface area (Å²) in [7, 11) is 1.51. The van der Waals surface area contributed by atoms with Crippen LogP contribution < -0.4 is 15.4 Å². The number of aliphatic carboxylic acids is 1. The number of hydrogen-bond donors (Lipinski definition) is 3. The molecule has 1 atom stereocenters. The fraction of sp³-hybridized carbons (Fsp3) is 0.273. The third-order valence-electron chi connectivity index (χ3n) is 2.52. The van der Waals surface area contributed by atoms with Crippen molar-refractivity contribution in [1.82, 2.24) is 0 Å². The first kappa shape index (κ1) is 11.3. The minimum absolute atomic E-state index is 0.274. The summed E-state index contributed by atoms with van der Waals surface area (Å²) in [6.45, 7) is 0. The highest BCUT2D eigenvalue weighted by Gasteiger charge is 2.29. The highest BCUT2D eigenvalue weighted by Crippen LogP contribution is 2.35. The first-order chi connectivity index (χ1) is 8.11. The molecule has 1 amide bonds. The number of ether oxygens (including phenoxy) is 1. The van der Waals surface area contributed by atoms with Crippen molar-refractivity contribution < 1.29 is 19.4 Å². The van der Waals surface area contributed by atoms with Crippen molar-refractivity contribution in [3.8, 4) is 5.75 Å². The average molecular weight is 236 g/mol. The average Bonchev–Trinajstić information content (AvgIpc) is 2.28. The maximum absolute atomic E-state index is 11.6. The van der Waals surface area contributed by atoms with Gasteiger partial charge < -0.3 is 20.5 Å². The zero-order valence-corrected chi connectivity index (χ0v) is 9.19. The summed E-state index contributed by atoms with van der Waals surface area (Å²) >= 11 is 0. The molecule has 0 fully saturated rings. The Morgan fingerprint density at radius 3 is 2.94 bits per heavy atom. The van der Waals surface area contributed by atoms with Crippen LogP contribution in [-0.2, 0) is 9.59 Å². The number of fused-ring (bicyclic) bond motifs is 1. The van der Waals surface area contributed by atoms with Crippen LogP contribution in [0, 0.1) is 0 Å². The number of benzene rings is 1. The van der Waals surface area contributed by atoms with Crippen molar-refractivity contribution in [2.45, 2.75) is 12.5 Å². The Morgan fingerprint density at radius 2 is 2.29 bits per heavy atom. The molecule has 90 valence electrons. The van der Waals surface area contributed by atoms with Crippen LogP contribution in [0.3, 0.4) is 0 Å². The summed E-state index contributed by atoms with van der Waals surface area (Å²) in [5.41, 5.74) is 1.21. The molecule has 0 radical (unpaired) electrons. The summed E-state index contributed by atoms with van der Waals surface area (Å²) in [6, 6.07) is 4.43. The molecule has 1 unspecified atom stereocenters. The van der Waals surface area contributed by atoms with Crippen LogP contribution in [0.5, 0.6) is 5.75 Å². The molecule has 1 heterocycles. The fourth-order valence-electron chi connectivity index (χ4n) is 1.73. The van der Waals surface area contributed by atoms with Crippen molar-refractivity contribution in [1.29, 1.82) is 0 Å². The quantitative estimate of drug-likeness (QED) is 0.725. The molecular formula is C11H12N2O4. The lowest BCUT2D eigenvalue weighted by atomic mass is 10.1. The minimum Gasteiger partial charge on any atom is -0.495 e. The van der Waals surface area contributed by atoms with Gasteiger partial charge in [-0.1, -0.05) is 6.07 Å². The Kier molecular flexibility index (Phi) is 2.86. The molecule has 1 aromatic carbocycles. The molecule has 0 spiro atoms. The molecule has 0 saturated heterocycles. The van der Waals surface area contributed by atoms with E-state index in [0.29, 0.717) is 17.1 Å². The van der Waals surface area contributed by atoms with Gasteiger partial charge in [-0.3, -0.25) is 9.59 Å². The highest BCUT2D eigenvalue weighted by molar-refractivity contribution is 6.05. The van der Waals surface area contributed by atoms with E-state index in [2.05, 4.69) is 10.6 Å². The number of carboxylic acid groups (broad SMARTS) is 1. The molecular weight excluding hydrogens is 224 g/mol. The highest BCUT2D eigenvalue weighted by atomic mass is 16.5. The first-order valence-electron chi connectivity index (χ1n) is 5.08. The van der Waals surface area contributed by atoms with Gasteiger partial charge in [0.15, 0.2) is 0 Å². The van der Waals surface area contributed by atoms with E-state index in [1.807, 2.05) is 0 Å². The fourth-order valence-corrected chi connectivity index (χ4v) is 1.73. The standard InChI is InChI=1S/C11H12N2O4/c1-17-8-4-2-3-6-10(8)12-7(5-9(14)15)11(16)13-6/h2-4,7,12H,5H2,1H3,(H,13,16)(H,14,15). The van der Waals surface area contributed by atoms with Gasteiger partial charge in [0.25, 0.3) is 0 Å². The van der Waals surface area contributed by atoms with Crippen LogP contribution >= 0.6 is 0 Å². The molecule has 1 aliphatic heterocycles. The molecule has 6 nitrogen and oxygen atoms in total. The lowest BCUT2D eigenvalue weighted by molar-refractivity contribution is -0.138. The first-order valence-corrected chi connectivity index (χ1v) is 5.08. The van der Waals surface area contributed by atoms with Gasteiger partial charge in [-0.05, 0) is 12.1 Å². The second kappa shape index (κ2) is 4.32. The van der Waals surface area contributed by atoms with Crippen LogP contribution in [0.4, 0.5) is 11.4 Å². The van der Waals surface area contributed by atoms with E-state index in [1.54, 1.807) is 18.2 Å². The van der Waals surface area contributed by atoms with Crippen LogP contribution in [0.1, 0.15) is 6.42 Å². The number of carbonyl (C=O) groups is 2.